The van der Waals surface area contributed by atoms with E-state index in [1.54, 1.807) is 18.5 Å². The molecule has 1 N–H and O–H groups in total. The lowest BCUT2D eigenvalue weighted by Crippen LogP contribution is -2.25. The van der Waals surface area contributed by atoms with Gasteiger partial charge in [0.15, 0.2) is 0 Å². The zero-order valence-corrected chi connectivity index (χ0v) is 12.8. The van der Waals surface area contributed by atoms with Gasteiger partial charge in [0.05, 0.1) is 11.3 Å². The molecule has 1 aliphatic rings. The second-order valence-corrected chi connectivity index (χ2v) is 5.74. The van der Waals surface area contributed by atoms with Gasteiger partial charge in [0.2, 0.25) is 5.91 Å². The molecule has 0 bridgehead atoms. The summed E-state index contributed by atoms with van der Waals surface area (Å²) in [6, 6.07) is 13.9. The number of carbonyl (C=O) groups is 1. The Labute approximate surface area is 135 Å². The molecule has 1 unspecified atom stereocenters. The average molecular weight is 306 g/mol. The molecular formula is C18H18N4O. The van der Waals surface area contributed by atoms with E-state index in [1.807, 2.05) is 35.2 Å². The smallest absolute Gasteiger partial charge is 0.223 e. The van der Waals surface area contributed by atoms with Gasteiger partial charge in [-0.1, -0.05) is 30.3 Å². The molecule has 1 saturated heterocycles. The van der Waals surface area contributed by atoms with Gasteiger partial charge in [0.25, 0.3) is 0 Å². The number of nitrogens with one attached hydrogen (secondary N) is 1. The van der Waals surface area contributed by atoms with Crippen LogP contribution in [0.1, 0.15) is 17.5 Å². The number of nitrogens with zero attached hydrogens (tertiary/aromatic N) is 3. The molecule has 5 nitrogen and oxygen atoms in total. The van der Waals surface area contributed by atoms with Crippen LogP contribution in [0.2, 0.25) is 0 Å². The van der Waals surface area contributed by atoms with Gasteiger partial charge in [-0.3, -0.25) is 9.78 Å². The largest absolute Gasteiger partial charge is 0.384 e. The van der Waals surface area contributed by atoms with Gasteiger partial charge in [-0.2, -0.15) is 5.26 Å². The third-order valence-electron chi connectivity index (χ3n) is 4.03. The first-order valence-electron chi connectivity index (χ1n) is 7.66. The molecule has 116 valence electrons. The third kappa shape index (κ3) is 3.67. The Balaban J connectivity index is 1.57. The number of aromatic nitrogens is 1. The first-order chi connectivity index (χ1) is 11.3. The number of nitriles is 1. The lowest BCUT2D eigenvalue weighted by atomic mass is 10.1. The van der Waals surface area contributed by atoms with Gasteiger partial charge in [0.1, 0.15) is 6.07 Å². The van der Waals surface area contributed by atoms with Crippen LogP contribution >= 0.6 is 0 Å². The molecule has 2 aromatic rings. The molecule has 0 saturated carbocycles. The standard InChI is InChI=1S/C18H18N4O/c19-9-16-11-20-7-6-17(16)21-10-15-8-18(23)22(13-15)12-14-4-2-1-3-5-14/h1-7,11,15H,8,10,12-13H2,(H,20,21). The van der Waals surface area contributed by atoms with E-state index in [0.717, 1.165) is 17.8 Å². The normalized spacial score (nSPS) is 17.1. The van der Waals surface area contributed by atoms with Crippen molar-refractivity contribution in [1.29, 1.82) is 5.26 Å². The number of anilines is 1. The summed E-state index contributed by atoms with van der Waals surface area (Å²) >= 11 is 0. The Morgan fingerprint density at radius 3 is 2.91 bits per heavy atom. The Morgan fingerprint density at radius 2 is 2.13 bits per heavy atom. The zero-order valence-electron chi connectivity index (χ0n) is 12.8. The Morgan fingerprint density at radius 1 is 1.30 bits per heavy atom. The van der Waals surface area contributed by atoms with Crippen LogP contribution in [0, 0.1) is 17.2 Å². The minimum atomic E-state index is 0.191. The summed E-state index contributed by atoms with van der Waals surface area (Å²) in [4.78, 5) is 18.0. The molecule has 0 radical (unpaired) electrons. The minimum absolute atomic E-state index is 0.191. The van der Waals surface area contributed by atoms with Crippen LogP contribution in [0.5, 0.6) is 0 Å². The van der Waals surface area contributed by atoms with Crippen molar-refractivity contribution in [2.24, 2.45) is 5.92 Å². The van der Waals surface area contributed by atoms with E-state index in [0.29, 0.717) is 25.1 Å². The van der Waals surface area contributed by atoms with Crippen molar-refractivity contribution in [2.75, 3.05) is 18.4 Å². The molecule has 0 spiro atoms. The van der Waals surface area contributed by atoms with Gasteiger partial charge in [-0.15, -0.1) is 0 Å². The summed E-state index contributed by atoms with van der Waals surface area (Å²) < 4.78 is 0. The minimum Gasteiger partial charge on any atom is -0.384 e. The zero-order chi connectivity index (χ0) is 16.1. The molecule has 5 heteroatoms. The Hall–Kier alpha value is -2.87. The van der Waals surface area contributed by atoms with Crippen molar-refractivity contribution >= 4 is 11.6 Å². The summed E-state index contributed by atoms with van der Waals surface area (Å²) in [6.45, 7) is 2.08. The first kappa shape index (κ1) is 15.0. The van der Waals surface area contributed by atoms with Crippen LogP contribution < -0.4 is 5.32 Å². The molecule has 3 rings (SSSR count). The molecule has 1 aliphatic heterocycles. The number of carbonyl (C=O) groups excluding carboxylic acids is 1. The molecule has 1 aromatic carbocycles. The van der Waals surface area contributed by atoms with Gasteiger partial charge in [-0.05, 0) is 11.6 Å². The Bertz CT molecular complexity index is 723. The van der Waals surface area contributed by atoms with Crippen LogP contribution in [0.25, 0.3) is 0 Å². The molecular weight excluding hydrogens is 288 g/mol. The highest BCUT2D eigenvalue weighted by Gasteiger charge is 2.29. The number of hydrogen-bond acceptors (Lipinski definition) is 4. The topological polar surface area (TPSA) is 69.0 Å². The van der Waals surface area contributed by atoms with Gasteiger partial charge < -0.3 is 10.2 Å². The van der Waals surface area contributed by atoms with Gasteiger partial charge in [-0.25, -0.2) is 0 Å². The molecule has 0 aliphatic carbocycles. The SMILES string of the molecule is N#Cc1cnccc1NCC1CC(=O)N(Cc2ccccc2)C1. The van der Waals surface area contributed by atoms with Crippen LogP contribution in [0.15, 0.2) is 48.8 Å². The molecule has 2 heterocycles. The molecule has 1 amide bonds. The maximum atomic E-state index is 12.2. The van der Waals surface area contributed by atoms with E-state index < -0.39 is 0 Å². The van der Waals surface area contributed by atoms with E-state index in [9.17, 15) is 4.79 Å². The first-order valence-corrected chi connectivity index (χ1v) is 7.66. The number of pyridine rings is 1. The van der Waals surface area contributed by atoms with E-state index in [1.165, 1.54) is 0 Å². The van der Waals surface area contributed by atoms with Crippen LogP contribution in [-0.4, -0.2) is 28.9 Å². The van der Waals surface area contributed by atoms with E-state index >= 15 is 0 Å². The van der Waals surface area contributed by atoms with Crippen molar-refractivity contribution in [1.82, 2.24) is 9.88 Å². The highest BCUT2D eigenvalue weighted by Crippen LogP contribution is 2.21. The highest BCUT2D eigenvalue weighted by atomic mass is 16.2. The number of benzene rings is 1. The fourth-order valence-electron chi connectivity index (χ4n) is 2.84. The van der Waals surface area contributed by atoms with Gasteiger partial charge >= 0.3 is 0 Å². The van der Waals surface area contributed by atoms with Crippen molar-refractivity contribution in [2.45, 2.75) is 13.0 Å². The lowest BCUT2D eigenvalue weighted by Gasteiger charge is -2.17. The number of amides is 1. The number of hydrogen-bond donors (Lipinski definition) is 1. The number of likely N-dealkylation sites (tertiary alicyclic amines) is 1. The maximum Gasteiger partial charge on any atom is 0.223 e. The number of rotatable bonds is 5. The quantitative estimate of drug-likeness (QED) is 0.921. The summed E-state index contributed by atoms with van der Waals surface area (Å²) in [6.07, 6.45) is 3.75. The van der Waals surface area contributed by atoms with E-state index in [4.69, 9.17) is 5.26 Å². The van der Waals surface area contributed by atoms with Crippen molar-refractivity contribution in [3.8, 4) is 6.07 Å². The summed E-state index contributed by atoms with van der Waals surface area (Å²) in [5.41, 5.74) is 2.45. The van der Waals surface area contributed by atoms with Crippen LogP contribution in [-0.2, 0) is 11.3 Å². The summed E-state index contributed by atoms with van der Waals surface area (Å²) in [7, 11) is 0. The fraction of sp³-hybridized carbons (Fsp3) is 0.278. The third-order valence-corrected chi connectivity index (χ3v) is 4.03. The van der Waals surface area contributed by atoms with E-state index in [-0.39, 0.29) is 11.8 Å². The molecule has 1 aromatic heterocycles. The highest BCUT2D eigenvalue weighted by molar-refractivity contribution is 5.78. The van der Waals surface area contributed by atoms with Crippen molar-refractivity contribution < 1.29 is 4.79 Å². The summed E-state index contributed by atoms with van der Waals surface area (Å²) in [5, 5.41) is 12.3. The average Bonchev–Trinajstić information content (AvgIpc) is 2.94. The van der Waals surface area contributed by atoms with E-state index in [2.05, 4.69) is 16.4 Å². The van der Waals surface area contributed by atoms with Gasteiger partial charge in [0, 0.05) is 44.4 Å². The van der Waals surface area contributed by atoms with Crippen molar-refractivity contribution in [3.63, 3.8) is 0 Å². The Kier molecular flexibility index (Phi) is 4.53. The lowest BCUT2D eigenvalue weighted by molar-refractivity contribution is -0.128. The summed E-state index contributed by atoms with van der Waals surface area (Å²) in [5.74, 6) is 0.446. The van der Waals surface area contributed by atoms with Crippen LogP contribution in [0.4, 0.5) is 5.69 Å². The second-order valence-electron chi connectivity index (χ2n) is 5.74. The monoisotopic (exact) mass is 306 g/mol. The molecule has 1 fully saturated rings. The van der Waals surface area contributed by atoms with Crippen LogP contribution in [0.3, 0.4) is 0 Å². The maximum absolute atomic E-state index is 12.2. The molecule has 1 atom stereocenters. The molecule has 23 heavy (non-hydrogen) atoms. The second kappa shape index (κ2) is 6.93. The van der Waals surface area contributed by atoms with Crippen molar-refractivity contribution in [3.05, 3.63) is 59.9 Å². The predicted molar refractivity (Wildman–Crippen MR) is 87.4 cm³/mol. The predicted octanol–water partition coefficient (Wildman–Crippen LogP) is 2.41. The fourth-order valence-corrected chi connectivity index (χ4v) is 2.84.